The predicted molar refractivity (Wildman–Crippen MR) is 129 cm³/mol. The molecule has 0 unspecified atom stereocenters. The van der Waals surface area contributed by atoms with Crippen LogP contribution in [-0.4, -0.2) is 30.2 Å². The molecular formula is C25H20Cl2N2O4. The lowest BCUT2D eigenvalue weighted by Gasteiger charge is -2.12. The van der Waals surface area contributed by atoms with Gasteiger partial charge in [-0.05, 0) is 53.4 Å². The summed E-state index contributed by atoms with van der Waals surface area (Å²) in [5, 5.41) is 4.55. The smallest absolute Gasteiger partial charge is 0.338 e. The predicted octanol–water partition coefficient (Wildman–Crippen LogP) is 5.80. The molecule has 0 bridgehead atoms. The van der Waals surface area contributed by atoms with Crippen LogP contribution in [-0.2, 0) is 16.1 Å². The molecule has 0 fully saturated rings. The molecule has 1 heterocycles. The summed E-state index contributed by atoms with van der Waals surface area (Å²) in [7, 11) is 1.37. The van der Waals surface area contributed by atoms with Crippen molar-refractivity contribution in [1.82, 2.24) is 4.57 Å². The largest absolute Gasteiger partial charge is 0.484 e. The van der Waals surface area contributed by atoms with E-state index in [0.29, 0.717) is 33.6 Å². The van der Waals surface area contributed by atoms with Gasteiger partial charge in [-0.25, -0.2) is 4.79 Å². The third kappa shape index (κ3) is 5.30. The molecule has 8 heteroatoms. The summed E-state index contributed by atoms with van der Waals surface area (Å²) in [6.07, 6.45) is 1.94. The monoisotopic (exact) mass is 482 g/mol. The summed E-state index contributed by atoms with van der Waals surface area (Å²) in [6.45, 7) is 0.296. The van der Waals surface area contributed by atoms with E-state index in [0.717, 1.165) is 16.5 Å². The third-order valence-corrected chi connectivity index (χ3v) is 5.63. The number of ether oxygens (including phenoxy) is 2. The van der Waals surface area contributed by atoms with Gasteiger partial charge in [-0.1, -0.05) is 41.4 Å². The number of anilines is 1. The van der Waals surface area contributed by atoms with Gasteiger partial charge in [0.05, 0.1) is 28.9 Å². The number of rotatable bonds is 7. The number of nitrogens with one attached hydrogen (secondary N) is 1. The van der Waals surface area contributed by atoms with Gasteiger partial charge < -0.3 is 19.4 Å². The summed E-state index contributed by atoms with van der Waals surface area (Å²) in [4.78, 5) is 24.4. The molecule has 0 atom stereocenters. The molecule has 3 aromatic carbocycles. The standard InChI is InChI=1S/C25H20Cl2N2O4/c1-32-25(31)20-5-3-2-4-17(20)14-29-11-10-16-6-8-19(13-23(16)29)33-15-24(30)28-22-9-7-18(26)12-21(22)27/h2-13H,14-15H2,1H3,(H,28,30). The molecule has 0 aliphatic heterocycles. The van der Waals surface area contributed by atoms with Crippen molar-refractivity contribution >= 4 is 51.7 Å². The van der Waals surface area contributed by atoms with Crippen molar-refractivity contribution in [2.75, 3.05) is 19.0 Å². The first-order valence-electron chi connectivity index (χ1n) is 10.1. The van der Waals surface area contributed by atoms with Crippen LogP contribution in [0.4, 0.5) is 5.69 Å². The van der Waals surface area contributed by atoms with Gasteiger partial charge >= 0.3 is 5.97 Å². The first-order valence-corrected chi connectivity index (χ1v) is 10.8. The van der Waals surface area contributed by atoms with Crippen LogP contribution in [0.25, 0.3) is 10.9 Å². The quantitative estimate of drug-likeness (QED) is 0.338. The van der Waals surface area contributed by atoms with E-state index in [4.69, 9.17) is 32.7 Å². The molecule has 4 aromatic rings. The number of hydrogen-bond donors (Lipinski definition) is 1. The summed E-state index contributed by atoms with van der Waals surface area (Å²) < 4.78 is 12.6. The minimum absolute atomic E-state index is 0.184. The van der Waals surface area contributed by atoms with E-state index in [9.17, 15) is 9.59 Å². The van der Waals surface area contributed by atoms with Gasteiger partial charge in [0.2, 0.25) is 0 Å². The first kappa shape index (κ1) is 22.7. The van der Waals surface area contributed by atoms with Crippen molar-refractivity contribution in [2.45, 2.75) is 6.54 Å². The van der Waals surface area contributed by atoms with Crippen LogP contribution in [0.15, 0.2) is 72.9 Å². The number of benzene rings is 3. The molecule has 6 nitrogen and oxygen atoms in total. The molecule has 0 aliphatic carbocycles. The SMILES string of the molecule is COC(=O)c1ccccc1Cn1ccc2ccc(OCC(=O)Nc3ccc(Cl)cc3Cl)cc21. The zero-order valence-corrected chi connectivity index (χ0v) is 19.2. The van der Waals surface area contributed by atoms with E-state index in [1.807, 2.05) is 41.1 Å². The van der Waals surface area contributed by atoms with Crippen molar-refractivity contribution in [1.29, 1.82) is 0 Å². The summed E-state index contributed by atoms with van der Waals surface area (Å²) in [5.41, 5.74) is 2.73. The molecule has 4 rings (SSSR count). The van der Waals surface area contributed by atoms with Crippen LogP contribution in [0.3, 0.4) is 0 Å². The molecule has 1 N–H and O–H groups in total. The maximum atomic E-state index is 12.3. The summed E-state index contributed by atoms with van der Waals surface area (Å²) in [5.74, 6) is -0.180. The zero-order valence-electron chi connectivity index (χ0n) is 17.7. The molecule has 0 radical (unpaired) electrons. The number of esters is 1. The van der Waals surface area contributed by atoms with Gasteiger partial charge in [0.1, 0.15) is 5.75 Å². The topological polar surface area (TPSA) is 69.6 Å². The Balaban J connectivity index is 1.48. The average Bonchev–Trinajstić information content (AvgIpc) is 3.21. The summed E-state index contributed by atoms with van der Waals surface area (Å²) >= 11 is 12.0. The molecular weight excluding hydrogens is 463 g/mol. The fraction of sp³-hybridized carbons (Fsp3) is 0.120. The molecule has 33 heavy (non-hydrogen) atoms. The Morgan fingerprint density at radius 3 is 2.61 bits per heavy atom. The number of hydrogen-bond acceptors (Lipinski definition) is 4. The van der Waals surface area contributed by atoms with Crippen molar-refractivity contribution in [3.63, 3.8) is 0 Å². The van der Waals surface area contributed by atoms with Gasteiger partial charge in [0.15, 0.2) is 6.61 Å². The second-order valence-electron chi connectivity index (χ2n) is 7.27. The number of carbonyl (C=O) groups is 2. The number of amides is 1. The number of carbonyl (C=O) groups excluding carboxylic acids is 2. The molecule has 1 amide bonds. The van der Waals surface area contributed by atoms with E-state index >= 15 is 0 Å². The van der Waals surface area contributed by atoms with E-state index in [-0.39, 0.29) is 18.5 Å². The summed E-state index contributed by atoms with van der Waals surface area (Å²) in [6, 6.07) is 19.7. The van der Waals surface area contributed by atoms with Crippen LogP contribution < -0.4 is 10.1 Å². The highest BCUT2D eigenvalue weighted by atomic mass is 35.5. The second kappa shape index (κ2) is 9.98. The maximum Gasteiger partial charge on any atom is 0.338 e. The molecule has 0 spiro atoms. The van der Waals surface area contributed by atoms with Crippen LogP contribution in [0.5, 0.6) is 5.75 Å². The Hall–Kier alpha value is -3.48. The molecule has 0 saturated carbocycles. The van der Waals surface area contributed by atoms with Gasteiger partial charge in [0.25, 0.3) is 5.91 Å². The molecule has 0 saturated heterocycles. The maximum absolute atomic E-state index is 12.3. The highest BCUT2D eigenvalue weighted by Gasteiger charge is 2.13. The Labute approximate surface area is 200 Å². The molecule has 1 aromatic heterocycles. The van der Waals surface area contributed by atoms with E-state index in [2.05, 4.69) is 5.32 Å². The molecule has 168 valence electrons. The van der Waals surface area contributed by atoms with Crippen LogP contribution >= 0.6 is 23.2 Å². The van der Waals surface area contributed by atoms with Crippen molar-refractivity contribution in [2.24, 2.45) is 0 Å². The minimum Gasteiger partial charge on any atom is -0.484 e. The average molecular weight is 483 g/mol. The normalized spacial score (nSPS) is 10.8. The Bertz CT molecular complexity index is 1330. The lowest BCUT2D eigenvalue weighted by atomic mass is 10.1. The highest BCUT2D eigenvalue weighted by Crippen LogP contribution is 2.26. The number of nitrogens with zero attached hydrogens (tertiary/aromatic N) is 1. The Morgan fingerprint density at radius 2 is 1.82 bits per heavy atom. The fourth-order valence-electron chi connectivity index (χ4n) is 3.47. The first-order chi connectivity index (χ1) is 15.9. The van der Waals surface area contributed by atoms with E-state index < -0.39 is 0 Å². The number of aromatic nitrogens is 1. The lowest BCUT2D eigenvalue weighted by Crippen LogP contribution is -2.20. The zero-order chi connectivity index (χ0) is 23.4. The lowest BCUT2D eigenvalue weighted by molar-refractivity contribution is -0.118. The van der Waals surface area contributed by atoms with E-state index in [1.54, 1.807) is 36.4 Å². The van der Waals surface area contributed by atoms with Crippen LogP contribution in [0, 0.1) is 0 Å². The van der Waals surface area contributed by atoms with Crippen molar-refractivity contribution in [3.05, 3.63) is 94.1 Å². The van der Waals surface area contributed by atoms with Gasteiger partial charge in [-0.15, -0.1) is 0 Å². The Kier molecular flexibility index (Phi) is 6.87. The minimum atomic E-state index is -0.377. The van der Waals surface area contributed by atoms with Gasteiger partial charge in [-0.2, -0.15) is 0 Å². The van der Waals surface area contributed by atoms with Crippen LogP contribution in [0.1, 0.15) is 15.9 Å². The number of methoxy groups -OCH3 is 1. The Morgan fingerprint density at radius 1 is 1.00 bits per heavy atom. The number of fused-ring (bicyclic) bond motifs is 1. The number of halogens is 2. The van der Waals surface area contributed by atoms with Gasteiger partial charge in [-0.3, -0.25) is 4.79 Å². The van der Waals surface area contributed by atoms with Crippen molar-refractivity contribution in [3.8, 4) is 5.75 Å². The molecule has 0 aliphatic rings. The van der Waals surface area contributed by atoms with Crippen LogP contribution in [0.2, 0.25) is 10.0 Å². The van der Waals surface area contributed by atoms with E-state index in [1.165, 1.54) is 7.11 Å². The van der Waals surface area contributed by atoms with Gasteiger partial charge in [0, 0.05) is 23.8 Å². The third-order valence-electron chi connectivity index (χ3n) is 5.08. The second-order valence-corrected chi connectivity index (χ2v) is 8.12. The fourth-order valence-corrected chi connectivity index (χ4v) is 3.92. The highest BCUT2D eigenvalue weighted by molar-refractivity contribution is 6.36. The van der Waals surface area contributed by atoms with Crippen molar-refractivity contribution < 1.29 is 19.1 Å².